The average Bonchev–Trinajstić information content (AvgIpc) is 2.94. The minimum atomic E-state index is 0.481. The summed E-state index contributed by atoms with van der Waals surface area (Å²) in [5.74, 6) is 3.99. The maximum atomic E-state index is 5.73. The lowest BCUT2D eigenvalue weighted by Crippen LogP contribution is -2.17. The molecule has 0 spiro atoms. The first-order valence-corrected chi connectivity index (χ1v) is 9.36. The smallest absolute Gasteiger partial charge is 0.248 e. The molecule has 4 heteroatoms. The standard InChI is InChI=1S/C10H21OS3/c1-4-6-11-9(3)10-13-14(10)8-7-12-5-2/h9-10H,4-8H2,1-3H3/q+1. The molecule has 84 valence electrons. The topological polar surface area (TPSA) is 9.23 Å². The molecule has 1 rings (SSSR count). The molecule has 14 heavy (non-hydrogen) atoms. The Hall–Kier alpha value is 1.01. The maximum Gasteiger partial charge on any atom is 0.248 e. The average molecular weight is 253 g/mol. The van der Waals surface area contributed by atoms with Gasteiger partial charge in [-0.05, 0) is 19.1 Å². The van der Waals surface area contributed by atoms with Crippen molar-refractivity contribution in [3.8, 4) is 0 Å². The van der Waals surface area contributed by atoms with Gasteiger partial charge in [0.1, 0.15) is 11.9 Å². The van der Waals surface area contributed by atoms with Crippen LogP contribution < -0.4 is 0 Å². The molecule has 1 fully saturated rings. The fourth-order valence-corrected chi connectivity index (χ4v) is 7.13. The third-order valence-electron chi connectivity index (χ3n) is 2.04. The molecule has 0 aromatic rings. The third-order valence-corrected chi connectivity index (χ3v) is 8.01. The zero-order valence-corrected chi connectivity index (χ0v) is 11.8. The van der Waals surface area contributed by atoms with Crippen LogP contribution in [0.1, 0.15) is 27.2 Å². The molecule has 1 nitrogen and oxygen atoms in total. The van der Waals surface area contributed by atoms with E-state index in [2.05, 4.69) is 43.3 Å². The van der Waals surface area contributed by atoms with Crippen molar-refractivity contribution in [3.63, 3.8) is 0 Å². The first-order chi connectivity index (χ1) is 6.79. The third kappa shape index (κ3) is 4.69. The molecule has 0 radical (unpaired) electrons. The van der Waals surface area contributed by atoms with E-state index >= 15 is 0 Å². The Morgan fingerprint density at radius 1 is 1.50 bits per heavy atom. The predicted octanol–water partition coefficient (Wildman–Crippen LogP) is 3.16. The summed E-state index contributed by atoms with van der Waals surface area (Å²) in [5.41, 5.74) is 0. The number of thioether (sulfide) groups is 1. The van der Waals surface area contributed by atoms with Crippen LogP contribution >= 0.6 is 22.6 Å². The molecule has 1 aliphatic heterocycles. The molecule has 0 N–H and O–H groups in total. The van der Waals surface area contributed by atoms with Crippen LogP contribution in [0.5, 0.6) is 0 Å². The van der Waals surface area contributed by atoms with Crippen LogP contribution in [-0.2, 0) is 14.7 Å². The minimum absolute atomic E-state index is 0.481. The highest BCUT2D eigenvalue weighted by Gasteiger charge is 2.57. The summed E-state index contributed by atoms with van der Waals surface area (Å²) in [7, 11) is 2.77. The Balaban J connectivity index is 2.00. The van der Waals surface area contributed by atoms with Crippen LogP contribution in [0.4, 0.5) is 0 Å². The van der Waals surface area contributed by atoms with E-state index in [1.54, 1.807) is 0 Å². The van der Waals surface area contributed by atoms with E-state index < -0.39 is 0 Å². The van der Waals surface area contributed by atoms with E-state index in [9.17, 15) is 0 Å². The summed E-state index contributed by atoms with van der Waals surface area (Å²) in [4.78, 5) is 0. The lowest BCUT2D eigenvalue weighted by molar-refractivity contribution is 0.0789. The van der Waals surface area contributed by atoms with Crippen LogP contribution in [0.3, 0.4) is 0 Å². The van der Waals surface area contributed by atoms with Crippen LogP contribution in [0, 0.1) is 0 Å². The van der Waals surface area contributed by atoms with Crippen molar-refractivity contribution in [1.82, 2.24) is 0 Å². The molecule has 0 amide bonds. The molecular weight excluding hydrogens is 232 g/mol. The maximum absolute atomic E-state index is 5.73. The molecule has 0 saturated carbocycles. The van der Waals surface area contributed by atoms with E-state index in [1.807, 2.05) is 0 Å². The Bertz CT molecular complexity index is 154. The summed E-state index contributed by atoms with van der Waals surface area (Å²) in [6.45, 7) is 7.56. The van der Waals surface area contributed by atoms with Gasteiger partial charge in [0.15, 0.2) is 10.8 Å². The molecule has 1 saturated heterocycles. The summed E-state index contributed by atoms with van der Waals surface area (Å²) in [5, 5.41) is 0. The zero-order chi connectivity index (χ0) is 10.4. The molecule has 0 aromatic heterocycles. The Morgan fingerprint density at radius 3 is 2.93 bits per heavy atom. The van der Waals surface area contributed by atoms with Crippen molar-refractivity contribution < 1.29 is 4.74 Å². The zero-order valence-electron chi connectivity index (χ0n) is 9.32. The summed E-state index contributed by atoms with van der Waals surface area (Å²) in [6, 6.07) is 0. The van der Waals surface area contributed by atoms with Gasteiger partial charge in [-0.15, -0.1) is 0 Å². The molecule has 3 atom stereocenters. The molecule has 1 heterocycles. The Morgan fingerprint density at radius 2 is 2.29 bits per heavy atom. The van der Waals surface area contributed by atoms with Gasteiger partial charge in [0.2, 0.25) is 4.58 Å². The summed E-state index contributed by atoms with van der Waals surface area (Å²) >= 11 is 2.06. The van der Waals surface area contributed by atoms with Crippen molar-refractivity contribution in [3.05, 3.63) is 0 Å². The van der Waals surface area contributed by atoms with Crippen molar-refractivity contribution in [2.24, 2.45) is 0 Å². The van der Waals surface area contributed by atoms with Gasteiger partial charge in [-0.3, -0.25) is 0 Å². The Kier molecular flexibility index (Phi) is 6.83. The summed E-state index contributed by atoms with van der Waals surface area (Å²) < 4.78 is 6.55. The van der Waals surface area contributed by atoms with E-state index in [1.165, 1.54) is 17.3 Å². The second-order valence-corrected chi connectivity index (χ2v) is 9.25. The molecule has 0 aromatic carbocycles. The van der Waals surface area contributed by atoms with E-state index in [-0.39, 0.29) is 0 Å². The van der Waals surface area contributed by atoms with E-state index in [4.69, 9.17) is 4.74 Å². The van der Waals surface area contributed by atoms with Crippen LogP contribution in [0.15, 0.2) is 0 Å². The molecule has 0 aliphatic carbocycles. The fraction of sp³-hybridized carbons (Fsp3) is 1.00. The van der Waals surface area contributed by atoms with Gasteiger partial charge < -0.3 is 4.74 Å². The molecule has 0 bridgehead atoms. The highest BCUT2D eigenvalue weighted by atomic mass is 33.2. The monoisotopic (exact) mass is 253 g/mol. The van der Waals surface area contributed by atoms with Gasteiger partial charge >= 0.3 is 0 Å². The van der Waals surface area contributed by atoms with Crippen LogP contribution in [0.2, 0.25) is 0 Å². The first kappa shape index (κ1) is 13.1. The summed E-state index contributed by atoms with van der Waals surface area (Å²) in [6.07, 6.45) is 1.62. The quantitative estimate of drug-likeness (QED) is 0.285. The minimum Gasteiger partial charge on any atom is -0.372 e. The predicted molar refractivity (Wildman–Crippen MR) is 72.3 cm³/mol. The van der Waals surface area contributed by atoms with Gasteiger partial charge in [0.05, 0.1) is 9.93 Å². The largest absolute Gasteiger partial charge is 0.372 e. The van der Waals surface area contributed by atoms with Gasteiger partial charge in [-0.1, -0.05) is 13.8 Å². The lowest BCUT2D eigenvalue weighted by Gasteiger charge is -2.05. The lowest BCUT2D eigenvalue weighted by atomic mass is 10.4. The number of rotatable bonds is 8. The SMILES string of the molecule is CCCOC(C)C1S[S+]1CCSCC. The van der Waals surface area contributed by atoms with Crippen molar-refractivity contribution in [1.29, 1.82) is 0 Å². The normalized spacial score (nSPS) is 27.6. The number of hydrogen-bond donors (Lipinski definition) is 0. The molecule has 1 aliphatic rings. The molecular formula is C10H21OS3+. The Labute approximate surface area is 98.9 Å². The van der Waals surface area contributed by atoms with Crippen molar-refractivity contribution >= 4 is 32.5 Å². The van der Waals surface area contributed by atoms with Gasteiger partial charge in [0.25, 0.3) is 0 Å². The number of ether oxygens (including phenoxy) is 1. The highest BCUT2D eigenvalue weighted by Crippen LogP contribution is 2.49. The van der Waals surface area contributed by atoms with Gasteiger partial charge in [-0.2, -0.15) is 11.8 Å². The first-order valence-electron chi connectivity index (χ1n) is 5.35. The van der Waals surface area contributed by atoms with Crippen molar-refractivity contribution in [2.75, 3.05) is 23.9 Å². The number of hydrogen-bond acceptors (Lipinski definition) is 3. The highest BCUT2D eigenvalue weighted by molar-refractivity contribution is 8.90. The second kappa shape index (κ2) is 7.31. The van der Waals surface area contributed by atoms with E-state index in [0.29, 0.717) is 16.0 Å². The van der Waals surface area contributed by atoms with Crippen molar-refractivity contribution in [2.45, 2.75) is 37.9 Å². The van der Waals surface area contributed by atoms with Crippen LogP contribution in [-0.4, -0.2) is 34.6 Å². The van der Waals surface area contributed by atoms with E-state index in [0.717, 1.165) is 17.6 Å². The second-order valence-electron chi connectivity index (χ2n) is 3.32. The van der Waals surface area contributed by atoms with Crippen LogP contribution in [0.25, 0.3) is 0 Å². The fourth-order valence-electron chi connectivity index (χ4n) is 1.22. The van der Waals surface area contributed by atoms with Gasteiger partial charge in [-0.25, -0.2) is 0 Å². The van der Waals surface area contributed by atoms with Gasteiger partial charge in [0, 0.05) is 12.4 Å². The molecule has 3 unspecified atom stereocenters.